The number of hydrogen-bond acceptors (Lipinski definition) is 4. The summed E-state index contributed by atoms with van der Waals surface area (Å²) in [7, 11) is 0. The minimum Gasteiger partial charge on any atom is -0.548 e. The molecule has 1 saturated heterocycles. The van der Waals surface area contributed by atoms with Gasteiger partial charge >= 0.3 is 6.09 Å². The summed E-state index contributed by atoms with van der Waals surface area (Å²) < 4.78 is 5.20. The molecule has 0 spiro atoms. The molecule has 0 aromatic heterocycles. The average Bonchev–Trinajstić information content (AvgIpc) is 2.14. The van der Waals surface area contributed by atoms with Crippen molar-refractivity contribution in [2.75, 3.05) is 6.54 Å². The number of likely N-dealkylation sites (tertiary alicyclic amines) is 1. The summed E-state index contributed by atoms with van der Waals surface area (Å²) in [5.74, 6) is -0.916. The van der Waals surface area contributed by atoms with Crippen molar-refractivity contribution in [2.45, 2.75) is 52.2 Å². The number of carbonyl (C=O) groups excluding carboxylic acids is 2. The lowest BCUT2D eigenvalue weighted by Crippen LogP contribution is -2.55. The Kier molecular flexibility index (Phi) is 4.01. The third-order valence-corrected chi connectivity index (χ3v) is 2.72. The van der Waals surface area contributed by atoms with Crippen molar-refractivity contribution >= 4 is 12.1 Å². The number of carboxylic acids is 1. The van der Waals surface area contributed by atoms with Crippen molar-refractivity contribution in [3.63, 3.8) is 0 Å². The van der Waals surface area contributed by atoms with E-state index in [1.165, 1.54) is 4.90 Å². The van der Waals surface area contributed by atoms with Gasteiger partial charge in [-0.05, 0) is 39.5 Å². The second-order valence-corrected chi connectivity index (χ2v) is 5.65. The molecule has 0 aliphatic carbocycles. The number of rotatable bonds is 1. The van der Waals surface area contributed by atoms with Crippen LogP contribution in [0.3, 0.4) is 0 Å². The van der Waals surface area contributed by atoms with Crippen LogP contribution in [0.15, 0.2) is 0 Å². The molecular weight excluding hydrogens is 222 g/mol. The van der Waals surface area contributed by atoms with Crippen LogP contribution in [0.2, 0.25) is 0 Å². The fraction of sp³-hybridized carbons (Fsp3) is 0.833. The molecule has 1 aliphatic heterocycles. The summed E-state index contributed by atoms with van der Waals surface area (Å²) >= 11 is 0. The summed E-state index contributed by atoms with van der Waals surface area (Å²) in [5, 5.41) is 11.0. The molecule has 0 bridgehead atoms. The molecule has 0 aromatic rings. The van der Waals surface area contributed by atoms with Gasteiger partial charge in [-0.1, -0.05) is 6.92 Å². The van der Waals surface area contributed by atoms with Gasteiger partial charge in [-0.2, -0.15) is 0 Å². The fourth-order valence-corrected chi connectivity index (χ4v) is 1.92. The highest BCUT2D eigenvalue weighted by Crippen LogP contribution is 2.23. The summed E-state index contributed by atoms with van der Waals surface area (Å²) in [4.78, 5) is 24.1. The maximum atomic E-state index is 11.9. The van der Waals surface area contributed by atoms with E-state index in [2.05, 4.69) is 0 Å². The van der Waals surface area contributed by atoms with Crippen LogP contribution >= 0.6 is 0 Å². The van der Waals surface area contributed by atoms with E-state index in [-0.39, 0.29) is 5.92 Å². The van der Waals surface area contributed by atoms with Gasteiger partial charge < -0.3 is 14.6 Å². The molecule has 1 fully saturated rings. The van der Waals surface area contributed by atoms with Gasteiger partial charge in [0.1, 0.15) is 5.60 Å². The topological polar surface area (TPSA) is 69.7 Å². The highest BCUT2D eigenvalue weighted by atomic mass is 16.6. The zero-order valence-corrected chi connectivity index (χ0v) is 10.9. The quantitative estimate of drug-likeness (QED) is 0.681. The normalized spacial score (nSPS) is 25.5. The Hall–Kier alpha value is -1.26. The highest BCUT2D eigenvalue weighted by Gasteiger charge is 2.33. The number of hydrogen-bond donors (Lipinski definition) is 0. The molecule has 0 aromatic carbocycles. The largest absolute Gasteiger partial charge is 0.548 e. The number of nitrogens with zero attached hydrogens (tertiary/aromatic N) is 1. The Bertz CT molecular complexity index is 308. The van der Waals surface area contributed by atoms with Crippen molar-refractivity contribution in [1.82, 2.24) is 4.90 Å². The molecule has 1 rings (SSSR count). The van der Waals surface area contributed by atoms with Gasteiger partial charge in [0.2, 0.25) is 0 Å². The smallest absolute Gasteiger partial charge is 0.410 e. The SMILES string of the molecule is CC1CCC(C(=O)[O-])N(C(=O)OC(C)(C)C)C1. The summed E-state index contributed by atoms with van der Waals surface area (Å²) in [6, 6.07) is -0.860. The van der Waals surface area contributed by atoms with Gasteiger partial charge in [-0.25, -0.2) is 4.79 Å². The maximum absolute atomic E-state index is 11.9. The Balaban J connectivity index is 2.75. The van der Waals surface area contributed by atoms with Gasteiger partial charge in [0.05, 0.1) is 12.0 Å². The first-order chi connectivity index (χ1) is 7.70. The zero-order valence-electron chi connectivity index (χ0n) is 10.9. The van der Waals surface area contributed by atoms with Crippen LogP contribution in [0, 0.1) is 5.92 Å². The minimum absolute atomic E-state index is 0.290. The number of carboxylic acid groups (broad SMARTS) is 1. The van der Waals surface area contributed by atoms with Gasteiger partial charge in [0.15, 0.2) is 0 Å². The maximum Gasteiger partial charge on any atom is 0.410 e. The van der Waals surface area contributed by atoms with Crippen molar-refractivity contribution < 1.29 is 19.4 Å². The first kappa shape index (κ1) is 13.8. The second kappa shape index (κ2) is 4.94. The van der Waals surface area contributed by atoms with Gasteiger partial charge in [-0.15, -0.1) is 0 Å². The van der Waals surface area contributed by atoms with Crippen molar-refractivity contribution in [1.29, 1.82) is 0 Å². The van der Waals surface area contributed by atoms with Crippen molar-refractivity contribution in [3.8, 4) is 0 Å². The third kappa shape index (κ3) is 3.91. The van der Waals surface area contributed by atoms with E-state index in [4.69, 9.17) is 4.74 Å². The number of amides is 1. The van der Waals surface area contributed by atoms with Crippen molar-refractivity contribution in [3.05, 3.63) is 0 Å². The number of piperidine rings is 1. The number of ether oxygens (including phenoxy) is 1. The average molecular weight is 242 g/mol. The van der Waals surface area contributed by atoms with Crippen LogP contribution < -0.4 is 5.11 Å². The third-order valence-electron chi connectivity index (χ3n) is 2.72. The van der Waals surface area contributed by atoms with E-state index in [1.54, 1.807) is 20.8 Å². The zero-order chi connectivity index (χ0) is 13.2. The summed E-state index contributed by atoms with van der Waals surface area (Å²) in [6.45, 7) is 7.67. The molecule has 0 saturated carbocycles. The lowest BCUT2D eigenvalue weighted by Gasteiger charge is -2.39. The lowest BCUT2D eigenvalue weighted by molar-refractivity contribution is -0.312. The van der Waals surface area contributed by atoms with Gasteiger partial charge in [0, 0.05) is 6.54 Å². The minimum atomic E-state index is -1.21. The monoisotopic (exact) mass is 242 g/mol. The lowest BCUT2D eigenvalue weighted by atomic mass is 9.94. The summed E-state index contributed by atoms with van der Waals surface area (Å²) in [5.41, 5.74) is -0.617. The van der Waals surface area contributed by atoms with E-state index in [1.807, 2.05) is 6.92 Å². The van der Waals surface area contributed by atoms with Crippen LogP contribution in [0.4, 0.5) is 4.79 Å². The molecule has 0 radical (unpaired) electrons. The van der Waals surface area contributed by atoms with Crippen LogP contribution in [-0.4, -0.2) is 35.2 Å². The Morgan fingerprint density at radius 1 is 1.29 bits per heavy atom. The highest BCUT2D eigenvalue weighted by molar-refractivity contribution is 5.79. The Labute approximate surface area is 102 Å². The van der Waals surface area contributed by atoms with Crippen LogP contribution in [0.5, 0.6) is 0 Å². The fourth-order valence-electron chi connectivity index (χ4n) is 1.92. The molecule has 98 valence electrons. The summed E-state index contributed by atoms with van der Waals surface area (Å²) in [6.07, 6.45) is 0.652. The molecule has 2 atom stereocenters. The van der Waals surface area contributed by atoms with Crippen molar-refractivity contribution in [2.24, 2.45) is 5.92 Å². The van der Waals surface area contributed by atoms with Gasteiger partial charge in [0.25, 0.3) is 0 Å². The standard InChI is InChI=1S/C12H21NO4/c1-8-5-6-9(10(14)15)13(7-8)11(16)17-12(2,3)4/h8-9H,5-7H2,1-4H3,(H,14,15)/p-1. The van der Waals surface area contributed by atoms with Crippen LogP contribution in [0.1, 0.15) is 40.5 Å². The molecular formula is C12H20NO4-. The Morgan fingerprint density at radius 2 is 1.88 bits per heavy atom. The first-order valence-electron chi connectivity index (χ1n) is 5.91. The molecule has 5 heteroatoms. The van der Waals surface area contributed by atoms with E-state index in [0.717, 1.165) is 6.42 Å². The molecule has 0 N–H and O–H groups in total. The Morgan fingerprint density at radius 3 is 2.35 bits per heavy atom. The predicted octanol–water partition coefficient (Wildman–Crippen LogP) is 0.772. The molecule has 1 aliphatic rings. The molecule has 1 amide bonds. The van der Waals surface area contributed by atoms with Gasteiger partial charge in [-0.3, -0.25) is 4.90 Å². The molecule has 2 unspecified atom stereocenters. The first-order valence-corrected chi connectivity index (χ1v) is 5.91. The van der Waals surface area contributed by atoms with Crippen LogP contribution in [0.25, 0.3) is 0 Å². The molecule has 5 nitrogen and oxygen atoms in total. The predicted molar refractivity (Wildman–Crippen MR) is 60.1 cm³/mol. The second-order valence-electron chi connectivity index (χ2n) is 5.65. The van der Waals surface area contributed by atoms with Crippen LogP contribution in [-0.2, 0) is 9.53 Å². The number of aliphatic carboxylic acids is 1. The van der Waals surface area contributed by atoms with E-state index < -0.39 is 23.7 Å². The van der Waals surface area contributed by atoms with E-state index >= 15 is 0 Å². The van der Waals surface area contributed by atoms with E-state index in [0.29, 0.717) is 13.0 Å². The van der Waals surface area contributed by atoms with E-state index in [9.17, 15) is 14.7 Å². The number of carbonyl (C=O) groups is 2. The molecule has 17 heavy (non-hydrogen) atoms. The molecule has 1 heterocycles.